The summed E-state index contributed by atoms with van der Waals surface area (Å²) in [5.41, 5.74) is 1.16. The Hall–Kier alpha value is -2.40. The maximum atomic E-state index is 11.9. The number of hydrogen-bond donors (Lipinski definition) is 0. The summed E-state index contributed by atoms with van der Waals surface area (Å²) in [6.45, 7) is 5.75. The van der Waals surface area contributed by atoms with Crippen LogP contribution in [0, 0.1) is 18.3 Å². The lowest BCUT2D eigenvalue weighted by molar-refractivity contribution is 0.0524. The molecule has 0 saturated carbocycles. The maximum Gasteiger partial charge on any atom is 0.340 e. The number of rotatable bonds is 7. The minimum atomic E-state index is -0.474. The largest absolute Gasteiger partial charge is 0.462 e. The van der Waals surface area contributed by atoms with Gasteiger partial charge in [0.1, 0.15) is 11.1 Å². The monoisotopic (exact) mass is 346 g/mol. The molecule has 2 aromatic heterocycles. The molecule has 0 aromatic carbocycles. The van der Waals surface area contributed by atoms with E-state index in [1.807, 2.05) is 6.92 Å². The second-order valence-electron chi connectivity index (χ2n) is 4.95. The van der Waals surface area contributed by atoms with Gasteiger partial charge in [-0.25, -0.2) is 9.78 Å². The molecule has 0 atom stereocenters. The van der Waals surface area contributed by atoms with E-state index in [1.165, 1.54) is 17.8 Å². The zero-order chi connectivity index (χ0) is 17.5. The molecule has 2 aromatic rings. The minimum absolute atomic E-state index is 0.272. The summed E-state index contributed by atoms with van der Waals surface area (Å²) in [5, 5.41) is 13.7. The summed E-state index contributed by atoms with van der Waals surface area (Å²) in [6.07, 6.45) is 1.68. The van der Waals surface area contributed by atoms with E-state index in [2.05, 4.69) is 21.2 Å². The molecular formula is C16H18N4O3S. The van der Waals surface area contributed by atoms with Gasteiger partial charge in [-0.2, -0.15) is 10.2 Å². The molecule has 0 radical (unpaired) electrons. The molecule has 0 saturated heterocycles. The number of ether oxygens (including phenoxy) is 1. The van der Waals surface area contributed by atoms with Gasteiger partial charge in [0.25, 0.3) is 0 Å². The van der Waals surface area contributed by atoms with Crippen LogP contribution in [0.5, 0.6) is 0 Å². The average Bonchev–Trinajstić information content (AvgIpc) is 3.01. The molecule has 2 rings (SSSR count). The molecule has 0 amide bonds. The van der Waals surface area contributed by atoms with Crippen LogP contribution in [0.1, 0.15) is 53.6 Å². The van der Waals surface area contributed by atoms with Crippen molar-refractivity contribution < 1.29 is 14.1 Å². The average molecular weight is 346 g/mol. The van der Waals surface area contributed by atoms with Crippen LogP contribution in [-0.4, -0.2) is 27.7 Å². The van der Waals surface area contributed by atoms with Crippen molar-refractivity contribution in [3.05, 3.63) is 34.6 Å². The fourth-order valence-corrected chi connectivity index (χ4v) is 2.83. The van der Waals surface area contributed by atoms with E-state index in [9.17, 15) is 10.1 Å². The first-order chi connectivity index (χ1) is 11.6. The highest BCUT2D eigenvalue weighted by Crippen LogP contribution is 2.25. The molecule has 0 fully saturated rings. The SMILES string of the molecule is CCCc1nc(CSc2nc(C)c(C(=O)OCC)cc2C#N)no1. The van der Waals surface area contributed by atoms with Crippen molar-refractivity contribution in [2.45, 2.75) is 44.4 Å². The van der Waals surface area contributed by atoms with Crippen LogP contribution in [0.25, 0.3) is 0 Å². The van der Waals surface area contributed by atoms with Crippen LogP contribution in [0.4, 0.5) is 0 Å². The number of aryl methyl sites for hydroxylation is 2. The maximum absolute atomic E-state index is 11.9. The second kappa shape index (κ2) is 8.45. The second-order valence-corrected chi connectivity index (χ2v) is 5.91. The third-order valence-corrected chi connectivity index (χ3v) is 4.09. The molecule has 0 N–H and O–H groups in total. The fourth-order valence-electron chi connectivity index (χ4n) is 1.99. The Morgan fingerprint density at radius 2 is 2.21 bits per heavy atom. The van der Waals surface area contributed by atoms with E-state index in [0.29, 0.717) is 39.3 Å². The van der Waals surface area contributed by atoms with E-state index in [-0.39, 0.29) is 6.61 Å². The van der Waals surface area contributed by atoms with E-state index < -0.39 is 5.97 Å². The number of carbonyl (C=O) groups excluding carboxylic acids is 1. The molecule has 0 spiro atoms. The molecular weight excluding hydrogens is 328 g/mol. The van der Waals surface area contributed by atoms with Gasteiger partial charge in [-0.05, 0) is 26.3 Å². The van der Waals surface area contributed by atoms with E-state index in [1.54, 1.807) is 13.8 Å². The van der Waals surface area contributed by atoms with Crippen molar-refractivity contribution >= 4 is 17.7 Å². The smallest absolute Gasteiger partial charge is 0.340 e. The van der Waals surface area contributed by atoms with Crippen molar-refractivity contribution in [3.8, 4) is 6.07 Å². The van der Waals surface area contributed by atoms with E-state index >= 15 is 0 Å². The quantitative estimate of drug-likeness (QED) is 0.557. The van der Waals surface area contributed by atoms with E-state index in [0.717, 1.165) is 12.8 Å². The number of hydrogen-bond acceptors (Lipinski definition) is 8. The first kappa shape index (κ1) is 17.9. The lowest BCUT2D eigenvalue weighted by Gasteiger charge is -2.08. The van der Waals surface area contributed by atoms with Gasteiger partial charge < -0.3 is 9.26 Å². The lowest BCUT2D eigenvalue weighted by atomic mass is 10.1. The topological polar surface area (TPSA) is 102 Å². The number of thioether (sulfide) groups is 1. The minimum Gasteiger partial charge on any atom is -0.462 e. The predicted octanol–water partition coefficient (Wildman–Crippen LogP) is 3.07. The van der Waals surface area contributed by atoms with Crippen molar-refractivity contribution in [1.29, 1.82) is 5.26 Å². The summed E-state index contributed by atoms with van der Waals surface area (Å²) in [5.74, 6) is 1.13. The number of aromatic nitrogens is 3. The third kappa shape index (κ3) is 4.32. The van der Waals surface area contributed by atoms with Crippen molar-refractivity contribution in [3.63, 3.8) is 0 Å². The number of carbonyl (C=O) groups is 1. The molecule has 24 heavy (non-hydrogen) atoms. The van der Waals surface area contributed by atoms with Gasteiger partial charge in [0, 0.05) is 6.42 Å². The van der Waals surface area contributed by atoms with Crippen LogP contribution in [0.2, 0.25) is 0 Å². The van der Waals surface area contributed by atoms with Crippen LogP contribution in [-0.2, 0) is 16.9 Å². The highest BCUT2D eigenvalue weighted by molar-refractivity contribution is 7.98. The van der Waals surface area contributed by atoms with Gasteiger partial charge in [-0.1, -0.05) is 23.8 Å². The molecule has 0 aliphatic heterocycles. The Morgan fingerprint density at radius 1 is 1.42 bits per heavy atom. The first-order valence-electron chi connectivity index (χ1n) is 7.62. The molecule has 8 heteroatoms. The molecule has 0 aliphatic rings. The van der Waals surface area contributed by atoms with Crippen LogP contribution >= 0.6 is 11.8 Å². The van der Waals surface area contributed by atoms with Crippen molar-refractivity contribution in [2.75, 3.05) is 6.61 Å². The lowest BCUT2D eigenvalue weighted by Crippen LogP contribution is -2.09. The van der Waals surface area contributed by atoms with Gasteiger partial charge >= 0.3 is 5.97 Å². The summed E-state index contributed by atoms with van der Waals surface area (Å²) < 4.78 is 10.1. The molecule has 126 valence electrons. The Kier molecular flexibility index (Phi) is 6.32. The summed E-state index contributed by atoms with van der Waals surface area (Å²) in [6, 6.07) is 3.58. The Morgan fingerprint density at radius 3 is 2.88 bits per heavy atom. The van der Waals surface area contributed by atoms with Gasteiger partial charge in [-0.15, -0.1) is 0 Å². The zero-order valence-electron chi connectivity index (χ0n) is 13.8. The molecule has 7 nitrogen and oxygen atoms in total. The normalized spacial score (nSPS) is 10.4. The van der Waals surface area contributed by atoms with Crippen molar-refractivity contribution in [1.82, 2.24) is 15.1 Å². The van der Waals surface area contributed by atoms with Crippen LogP contribution < -0.4 is 0 Å². The van der Waals surface area contributed by atoms with E-state index in [4.69, 9.17) is 9.26 Å². The standard InChI is InChI=1S/C16H18N4O3S/c1-4-6-14-19-13(20-23-14)9-24-15-11(8-17)7-12(10(3)18-15)16(21)22-5-2/h7H,4-6,9H2,1-3H3. The Bertz CT molecular complexity index is 767. The third-order valence-electron chi connectivity index (χ3n) is 3.11. The summed E-state index contributed by atoms with van der Waals surface area (Å²) in [7, 11) is 0. The highest BCUT2D eigenvalue weighted by atomic mass is 32.2. The fraction of sp³-hybridized carbons (Fsp3) is 0.438. The Balaban J connectivity index is 2.16. The van der Waals surface area contributed by atoms with Crippen LogP contribution in [0.3, 0.4) is 0 Å². The predicted molar refractivity (Wildman–Crippen MR) is 87.5 cm³/mol. The molecule has 0 aliphatic carbocycles. The van der Waals surface area contributed by atoms with Gasteiger partial charge in [0.15, 0.2) is 5.82 Å². The van der Waals surface area contributed by atoms with Gasteiger partial charge in [0.2, 0.25) is 5.89 Å². The number of esters is 1. The van der Waals surface area contributed by atoms with Crippen LogP contribution in [0.15, 0.2) is 15.6 Å². The van der Waals surface area contributed by atoms with Gasteiger partial charge in [-0.3, -0.25) is 0 Å². The zero-order valence-corrected chi connectivity index (χ0v) is 14.6. The summed E-state index contributed by atoms with van der Waals surface area (Å²) >= 11 is 1.33. The molecule has 0 bridgehead atoms. The van der Waals surface area contributed by atoms with Crippen molar-refractivity contribution in [2.24, 2.45) is 0 Å². The molecule has 2 heterocycles. The summed E-state index contributed by atoms with van der Waals surface area (Å²) in [4.78, 5) is 20.5. The molecule has 0 unspecified atom stereocenters. The van der Waals surface area contributed by atoms with Gasteiger partial charge in [0.05, 0.1) is 29.2 Å². The highest BCUT2D eigenvalue weighted by Gasteiger charge is 2.17. The number of nitrogens with zero attached hydrogens (tertiary/aromatic N) is 4. The Labute approximate surface area is 144 Å². The number of nitriles is 1. The number of pyridine rings is 1. The first-order valence-corrected chi connectivity index (χ1v) is 8.60.